The van der Waals surface area contributed by atoms with Crippen LogP contribution in [-0.2, 0) is 20.6 Å². The Kier molecular flexibility index (Phi) is 4.82. The second-order valence-corrected chi connectivity index (χ2v) is 7.09. The number of nitrogens with zero attached hydrogens (tertiary/aromatic N) is 4. The first kappa shape index (κ1) is 16.9. The molecule has 0 fully saturated rings. The van der Waals surface area contributed by atoms with Gasteiger partial charge in [0.15, 0.2) is 11.2 Å². The van der Waals surface area contributed by atoms with E-state index in [1.54, 1.807) is 36.8 Å². The van der Waals surface area contributed by atoms with Crippen molar-refractivity contribution in [3.8, 4) is 0 Å². The van der Waals surface area contributed by atoms with Gasteiger partial charge in [-0.1, -0.05) is 11.6 Å². The van der Waals surface area contributed by atoms with Gasteiger partial charge in [0.1, 0.15) is 0 Å². The average molecular weight is 365 g/mol. The first-order valence-electron chi connectivity index (χ1n) is 7.48. The van der Waals surface area contributed by atoms with E-state index in [9.17, 15) is 9.59 Å². The third-order valence-corrected chi connectivity index (χ3v) is 5.16. The minimum atomic E-state index is -0.331. The molecule has 24 heavy (non-hydrogen) atoms. The minimum absolute atomic E-state index is 0.287. The fourth-order valence-corrected chi connectivity index (χ4v) is 3.50. The van der Waals surface area contributed by atoms with Gasteiger partial charge in [-0.2, -0.15) is 0 Å². The molecule has 3 aromatic rings. The monoisotopic (exact) mass is 364 g/mol. The van der Waals surface area contributed by atoms with Crippen molar-refractivity contribution in [2.24, 2.45) is 14.1 Å². The molecule has 0 amide bonds. The Hall–Kier alpha value is -1.99. The second kappa shape index (κ2) is 6.86. The van der Waals surface area contributed by atoms with Crippen molar-refractivity contribution in [2.75, 3.05) is 5.75 Å². The number of fused-ring (bicyclic) bond motifs is 1. The second-order valence-electron chi connectivity index (χ2n) is 5.48. The Morgan fingerprint density at radius 1 is 1.17 bits per heavy atom. The number of thioether (sulfide) groups is 1. The third-order valence-electron chi connectivity index (χ3n) is 3.81. The van der Waals surface area contributed by atoms with Crippen LogP contribution in [0, 0.1) is 0 Å². The molecule has 0 radical (unpaired) electrons. The molecule has 2 aromatic heterocycles. The first-order chi connectivity index (χ1) is 11.5. The number of benzene rings is 1. The van der Waals surface area contributed by atoms with Gasteiger partial charge >= 0.3 is 5.69 Å². The number of hydrogen-bond acceptors (Lipinski definition) is 4. The lowest BCUT2D eigenvalue weighted by Crippen LogP contribution is -2.39. The van der Waals surface area contributed by atoms with Crippen LogP contribution < -0.4 is 11.2 Å². The summed E-state index contributed by atoms with van der Waals surface area (Å²) in [5, 5.41) is 0.707. The van der Waals surface area contributed by atoms with Gasteiger partial charge in [0.05, 0.1) is 6.33 Å². The molecule has 3 rings (SSSR count). The van der Waals surface area contributed by atoms with Crippen LogP contribution in [0.1, 0.15) is 6.42 Å². The van der Waals surface area contributed by atoms with E-state index in [-0.39, 0.29) is 11.2 Å². The summed E-state index contributed by atoms with van der Waals surface area (Å²) in [6.45, 7) is 0.382. The highest BCUT2D eigenvalue weighted by atomic mass is 35.5. The first-order valence-corrected chi connectivity index (χ1v) is 8.84. The standard InChI is InChI=1S/C16H17ClN4O2S/c1-19-10-18-14-13(19)15(22)21(16(23)20(14)2)8-3-9-24-12-6-4-11(17)5-7-12/h4-7,10H,3,8-9H2,1-2H3. The summed E-state index contributed by atoms with van der Waals surface area (Å²) < 4.78 is 4.35. The molecule has 6 nitrogen and oxygen atoms in total. The number of aromatic nitrogens is 4. The lowest BCUT2D eigenvalue weighted by atomic mass is 10.4. The summed E-state index contributed by atoms with van der Waals surface area (Å²) in [4.78, 5) is 30.2. The maximum absolute atomic E-state index is 12.6. The van der Waals surface area contributed by atoms with E-state index in [0.29, 0.717) is 29.2 Å². The van der Waals surface area contributed by atoms with Gasteiger partial charge in [0, 0.05) is 30.6 Å². The summed E-state index contributed by atoms with van der Waals surface area (Å²) in [5.74, 6) is 0.806. The third kappa shape index (κ3) is 3.14. The van der Waals surface area contributed by atoms with Crippen LogP contribution in [0.4, 0.5) is 0 Å². The summed E-state index contributed by atoms with van der Waals surface area (Å²) in [6.07, 6.45) is 2.26. The molecule has 0 spiro atoms. The molecule has 0 saturated heterocycles. The van der Waals surface area contributed by atoms with Gasteiger partial charge in [-0.25, -0.2) is 9.78 Å². The van der Waals surface area contributed by atoms with Crippen molar-refractivity contribution < 1.29 is 0 Å². The molecule has 0 aliphatic rings. The number of imidazole rings is 1. The molecule has 2 heterocycles. The van der Waals surface area contributed by atoms with Crippen molar-refractivity contribution in [2.45, 2.75) is 17.9 Å². The molecule has 126 valence electrons. The van der Waals surface area contributed by atoms with Crippen LogP contribution in [0.5, 0.6) is 0 Å². The predicted molar refractivity (Wildman–Crippen MR) is 97.0 cm³/mol. The molecule has 1 aromatic carbocycles. The maximum atomic E-state index is 12.6. The molecular weight excluding hydrogens is 348 g/mol. The van der Waals surface area contributed by atoms with Gasteiger partial charge in [-0.3, -0.25) is 13.9 Å². The lowest BCUT2D eigenvalue weighted by Gasteiger charge is -2.08. The van der Waals surface area contributed by atoms with Crippen LogP contribution in [0.3, 0.4) is 0 Å². The molecule has 0 saturated carbocycles. The molecular formula is C16H17ClN4O2S. The van der Waals surface area contributed by atoms with Gasteiger partial charge in [0.25, 0.3) is 5.56 Å². The van der Waals surface area contributed by atoms with Crippen LogP contribution in [0.15, 0.2) is 45.1 Å². The Bertz CT molecular complexity index is 988. The van der Waals surface area contributed by atoms with Crippen molar-refractivity contribution in [3.63, 3.8) is 0 Å². The predicted octanol–water partition coefficient (Wildman–Crippen LogP) is 2.27. The van der Waals surface area contributed by atoms with Crippen LogP contribution in [0.25, 0.3) is 11.2 Å². The highest BCUT2D eigenvalue weighted by Crippen LogP contribution is 2.20. The van der Waals surface area contributed by atoms with Crippen LogP contribution in [-0.4, -0.2) is 24.4 Å². The lowest BCUT2D eigenvalue weighted by molar-refractivity contribution is 0.594. The normalized spacial score (nSPS) is 11.3. The van der Waals surface area contributed by atoms with E-state index < -0.39 is 0 Å². The van der Waals surface area contributed by atoms with Crippen molar-refractivity contribution in [1.82, 2.24) is 18.7 Å². The SMILES string of the molecule is Cn1cnc2c1c(=O)n(CCCSc1ccc(Cl)cc1)c(=O)n2C. The zero-order valence-corrected chi connectivity index (χ0v) is 15.0. The van der Waals surface area contributed by atoms with Crippen LogP contribution >= 0.6 is 23.4 Å². The molecule has 0 aliphatic carbocycles. The Morgan fingerprint density at radius 2 is 1.88 bits per heavy atom. The zero-order valence-electron chi connectivity index (χ0n) is 13.4. The molecule has 0 aliphatic heterocycles. The fourth-order valence-electron chi connectivity index (χ4n) is 2.54. The number of aryl methyl sites for hydroxylation is 2. The van der Waals surface area contributed by atoms with E-state index in [4.69, 9.17) is 11.6 Å². The summed E-state index contributed by atoms with van der Waals surface area (Å²) >= 11 is 7.53. The summed E-state index contributed by atoms with van der Waals surface area (Å²) in [7, 11) is 3.39. The zero-order chi connectivity index (χ0) is 17.3. The molecule has 0 unspecified atom stereocenters. The van der Waals surface area contributed by atoms with Crippen molar-refractivity contribution >= 4 is 34.5 Å². The summed E-state index contributed by atoms with van der Waals surface area (Å²) in [5.41, 5.74) is 0.244. The highest BCUT2D eigenvalue weighted by molar-refractivity contribution is 7.99. The molecule has 0 N–H and O–H groups in total. The molecule has 0 atom stereocenters. The van der Waals surface area contributed by atoms with E-state index in [2.05, 4.69) is 4.98 Å². The van der Waals surface area contributed by atoms with E-state index >= 15 is 0 Å². The van der Waals surface area contributed by atoms with Gasteiger partial charge in [0.2, 0.25) is 0 Å². The largest absolute Gasteiger partial charge is 0.332 e. The summed E-state index contributed by atoms with van der Waals surface area (Å²) in [6, 6.07) is 7.61. The van der Waals surface area contributed by atoms with Crippen LogP contribution in [0.2, 0.25) is 5.02 Å². The average Bonchev–Trinajstić information content (AvgIpc) is 2.96. The van der Waals surface area contributed by atoms with E-state index in [1.807, 2.05) is 24.3 Å². The highest BCUT2D eigenvalue weighted by Gasteiger charge is 2.14. The van der Waals surface area contributed by atoms with Crippen molar-refractivity contribution in [3.05, 3.63) is 56.5 Å². The van der Waals surface area contributed by atoms with Gasteiger partial charge in [-0.05, 0) is 36.4 Å². The van der Waals surface area contributed by atoms with Crippen molar-refractivity contribution in [1.29, 1.82) is 0 Å². The Balaban J connectivity index is 1.76. The molecule has 8 heteroatoms. The Labute approximate surface area is 147 Å². The topological polar surface area (TPSA) is 61.8 Å². The number of hydrogen-bond donors (Lipinski definition) is 0. The maximum Gasteiger partial charge on any atom is 0.332 e. The van der Waals surface area contributed by atoms with E-state index in [0.717, 1.165) is 10.6 Å². The van der Waals surface area contributed by atoms with Gasteiger partial charge in [-0.15, -0.1) is 11.8 Å². The molecule has 0 bridgehead atoms. The minimum Gasteiger partial charge on any atom is -0.328 e. The number of halogens is 1. The van der Waals surface area contributed by atoms with E-state index in [1.165, 1.54) is 9.13 Å². The Morgan fingerprint density at radius 3 is 2.58 bits per heavy atom. The quantitative estimate of drug-likeness (QED) is 0.514. The smallest absolute Gasteiger partial charge is 0.328 e. The van der Waals surface area contributed by atoms with Gasteiger partial charge < -0.3 is 4.57 Å². The number of rotatable bonds is 5. The fraction of sp³-hybridized carbons (Fsp3) is 0.312.